The van der Waals surface area contributed by atoms with Gasteiger partial charge in [-0.25, -0.2) is 0 Å². The van der Waals surface area contributed by atoms with Crippen LogP contribution in [-0.2, 0) is 4.79 Å². The maximum atomic E-state index is 12.1. The number of nitrogens with one attached hydrogen (secondary N) is 2. The molecule has 4 heteroatoms. The lowest BCUT2D eigenvalue weighted by Gasteiger charge is -2.28. The van der Waals surface area contributed by atoms with Gasteiger partial charge in [0.05, 0.1) is 0 Å². The van der Waals surface area contributed by atoms with E-state index in [4.69, 9.17) is 0 Å². The third kappa shape index (κ3) is 6.15. The first-order valence-corrected chi connectivity index (χ1v) is 8.48. The Bertz CT molecular complexity index is 323. The van der Waals surface area contributed by atoms with Gasteiger partial charge >= 0.3 is 0 Å². The molecule has 0 aromatic rings. The maximum absolute atomic E-state index is 12.1. The number of amides is 1. The molecule has 2 fully saturated rings. The molecule has 0 aromatic heterocycles. The molecule has 1 heterocycles. The minimum absolute atomic E-state index is 0. The summed E-state index contributed by atoms with van der Waals surface area (Å²) in [4.78, 5) is 12.1. The van der Waals surface area contributed by atoms with E-state index in [2.05, 4.69) is 31.4 Å². The lowest BCUT2D eigenvalue weighted by molar-refractivity contribution is -0.122. The highest BCUT2D eigenvalue weighted by Gasteiger charge is 2.42. The molecule has 0 aromatic carbocycles. The quantitative estimate of drug-likeness (QED) is 0.756. The van der Waals surface area contributed by atoms with E-state index >= 15 is 0 Å². The second kappa shape index (κ2) is 8.38. The number of hydrogen-bond donors (Lipinski definition) is 2. The van der Waals surface area contributed by atoms with Crippen LogP contribution < -0.4 is 10.6 Å². The molecule has 0 radical (unpaired) electrons. The van der Waals surface area contributed by atoms with Crippen molar-refractivity contribution in [1.82, 2.24) is 10.6 Å². The van der Waals surface area contributed by atoms with E-state index in [1.807, 2.05) is 0 Å². The molecule has 124 valence electrons. The van der Waals surface area contributed by atoms with Crippen LogP contribution in [0.15, 0.2) is 0 Å². The van der Waals surface area contributed by atoms with Crippen LogP contribution in [0.3, 0.4) is 0 Å². The van der Waals surface area contributed by atoms with Crippen molar-refractivity contribution in [2.45, 2.75) is 59.3 Å². The summed E-state index contributed by atoms with van der Waals surface area (Å²) in [7, 11) is 0. The second-order valence-corrected chi connectivity index (χ2v) is 7.64. The van der Waals surface area contributed by atoms with Gasteiger partial charge in [0.1, 0.15) is 0 Å². The predicted molar refractivity (Wildman–Crippen MR) is 90.8 cm³/mol. The minimum atomic E-state index is 0. The first-order valence-electron chi connectivity index (χ1n) is 8.48. The molecular formula is C17H33ClN2O. The number of piperidine rings is 1. The topological polar surface area (TPSA) is 41.1 Å². The van der Waals surface area contributed by atoms with Crippen molar-refractivity contribution in [3.8, 4) is 0 Å². The van der Waals surface area contributed by atoms with Gasteiger partial charge in [0, 0.05) is 13.0 Å². The molecule has 1 aliphatic carbocycles. The van der Waals surface area contributed by atoms with E-state index in [0.29, 0.717) is 17.8 Å². The number of carbonyl (C=O) groups excluding carboxylic acids is 1. The number of rotatable bonds is 7. The van der Waals surface area contributed by atoms with E-state index < -0.39 is 0 Å². The van der Waals surface area contributed by atoms with Crippen molar-refractivity contribution in [3.63, 3.8) is 0 Å². The third-order valence-electron chi connectivity index (χ3n) is 5.15. The van der Waals surface area contributed by atoms with Crippen molar-refractivity contribution in [1.29, 1.82) is 0 Å². The summed E-state index contributed by atoms with van der Waals surface area (Å²) in [5, 5.41) is 6.60. The molecule has 0 spiro atoms. The van der Waals surface area contributed by atoms with Gasteiger partial charge in [0.15, 0.2) is 0 Å². The van der Waals surface area contributed by atoms with Gasteiger partial charge in [-0.15, -0.1) is 12.4 Å². The fraction of sp³-hybridized carbons (Fsp3) is 0.941. The zero-order valence-corrected chi connectivity index (χ0v) is 14.7. The molecule has 1 unspecified atom stereocenters. The number of halogens is 1. The van der Waals surface area contributed by atoms with Gasteiger partial charge in [-0.05, 0) is 68.4 Å². The average Bonchev–Trinajstić information content (AvgIpc) is 3.17. The summed E-state index contributed by atoms with van der Waals surface area (Å²) >= 11 is 0. The summed E-state index contributed by atoms with van der Waals surface area (Å²) < 4.78 is 0. The van der Waals surface area contributed by atoms with Crippen molar-refractivity contribution in [2.24, 2.45) is 23.2 Å². The van der Waals surface area contributed by atoms with Crippen LogP contribution in [0.2, 0.25) is 0 Å². The number of hydrogen-bond acceptors (Lipinski definition) is 2. The summed E-state index contributed by atoms with van der Waals surface area (Å²) in [6.07, 6.45) is 7.03. The Morgan fingerprint density at radius 1 is 1.24 bits per heavy atom. The van der Waals surface area contributed by atoms with Crippen molar-refractivity contribution < 1.29 is 4.79 Å². The molecule has 2 aliphatic rings. The molecule has 21 heavy (non-hydrogen) atoms. The highest BCUT2D eigenvalue weighted by atomic mass is 35.5. The normalized spacial score (nSPS) is 22.5. The Balaban J connectivity index is 0.00000220. The van der Waals surface area contributed by atoms with E-state index in [0.717, 1.165) is 31.5 Å². The fourth-order valence-electron chi connectivity index (χ4n) is 3.73. The molecule has 3 nitrogen and oxygen atoms in total. The highest BCUT2D eigenvalue weighted by molar-refractivity contribution is 5.85. The third-order valence-corrected chi connectivity index (χ3v) is 5.15. The van der Waals surface area contributed by atoms with E-state index in [1.54, 1.807) is 0 Å². The van der Waals surface area contributed by atoms with Crippen LogP contribution >= 0.6 is 12.4 Å². The summed E-state index contributed by atoms with van der Waals surface area (Å²) in [6.45, 7) is 9.95. The van der Waals surface area contributed by atoms with Crippen molar-refractivity contribution >= 4 is 18.3 Å². The van der Waals surface area contributed by atoms with Crippen LogP contribution in [0.1, 0.15) is 59.3 Å². The molecular weight excluding hydrogens is 284 g/mol. The predicted octanol–water partition coefficient (Wildman–Crippen LogP) is 3.38. The molecule has 1 amide bonds. The van der Waals surface area contributed by atoms with Gasteiger partial charge in [-0.3, -0.25) is 4.79 Å². The van der Waals surface area contributed by atoms with Crippen LogP contribution in [-0.4, -0.2) is 25.5 Å². The molecule has 2 N–H and O–H groups in total. The van der Waals surface area contributed by atoms with Crippen molar-refractivity contribution in [2.75, 3.05) is 19.6 Å². The highest BCUT2D eigenvalue weighted by Crippen LogP contribution is 2.50. The Labute approximate surface area is 136 Å². The van der Waals surface area contributed by atoms with E-state index in [-0.39, 0.29) is 18.3 Å². The van der Waals surface area contributed by atoms with Gasteiger partial charge < -0.3 is 10.6 Å². The smallest absolute Gasteiger partial charge is 0.220 e. The average molecular weight is 317 g/mol. The first-order chi connectivity index (χ1) is 9.51. The molecule has 2 rings (SSSR count). The van der Waals surface area contributed by atoms with Gasteiger partial charge in [0.2, 0.25) is 5.91 Å². The summed E-state index contributed by atoms with van der Waals surface area (Å²) in [6, 6.07) is 0. The van der Waals surface area contributed by atoms with E-state index in [9.17, 15) is 4.79 Å². The van der Waals surface area contributed by atoms with Crippen LogP contribution in [0, 0.1) is 23.2 Å². The van der Waals surface area contributed by atoms with Crippen molar-refractivity contribution in [3.05, 3.63) is 0 Å². The van der Waals surface area contributed by atoms with E-state index in [1.165, 1.54) is 32.1 Å². The minimum Gasteiger partial charge on any atom is -0.356 e. The zero-order chi connectivity index (χ0) is 14.6. The van der Waals surface area contributed by atoms with Crippen LogP contribution in [0.25, 0.3) is 0 Å². The lowest BCUT2D eigenvalue weighted by Crippen LogP contribution is -2.35. The first kappa shape index (κ1) is 18.8. The second-order valence-electron chi connectivity index (χ2n) is 7.64. The molecule has 1 atom stereocenters. The Hall–Kier alpha value is -0.280. The monoisotopic (exact) mass is 316 g/mol. The Morgan fingerprint density at radius 3 is 2.38 bits per heavy atom. The SMILES string of the molecule is CC(C)CC1(CNC(=O)CC(C)C2CCNCC2)CC1.Cl. The van der Waals surface area contributed by atoms with Gasteiger partial charge in [0.25, 0.3) is 0 Å². The molecule has 1 saturated carbocycles. The summed E-state index contributed by atoms with van der Waals surface area (Å²) in [5.74, 6) is 2.26. The van der Waals surface area contributed by atoms with Gasteiger partial charge in [-0.2, -0.15) is 0 Å². The largest absolute Gasteiger partial charge is 0.356 e. The van der Waals surface area contributed by atoms with Gasteiger partial charge in [-0.1, -0.05) is 20.8 Å². The summed E-state index contributed by atoms with van der Waals surface area (Å²) in [5.41, 5.74) is 0.446. The Kier molecular flexibility index (Phi) is 7.49. The maximum Gasteiger partial charge on any atom is 0.220 e. The zero-order valence-electron chi connectivity index (χ0n) is 13.9. The van der Waals surface area contributed by atoms with Crippen LogP contribution in [0.5, 0.6) is 0 Å². The fourth-order valence-corrected chi connectivity index (χ4v) is 3.73. The molecule has 1 saturated heterocycles. The molecule has 1 aliphatic heterocycles. The molecule has 0 bridgehead atoms. The van der Waals surface area contributed by atoms with Crippen LogP contribution in [0.4, 0.5) is 0 Å². The number of carbonyl (C=O) groups is 1. The lowest BCUT2D eigenvalue weighted by atomic mass is 9.84. The standard InChI is InChI=1S/C17H32N2O.ClH/c1-13(2)11-17(6-7-17)12-19-16(20)10-14(3)15-4-8-18-9-5-15;/h13-15,18H,4-12H2,1-3H3,(H,19,20);1H. The Morgan fingerprint density at radius 2 is 1.86 bits per heavy atom.